The maximum atomic E-state index is 12.1. The van der Waals surface area contributed by atoms with E-state index in [9.17, 15) is 9.59 Å². The highest BCUT2D eigenvalue weighted by Gasteiger charge is 2.27. The van der Waals surface area contributed by atoms with Gasteiger partial charge in [0.2, 0.25) is 0 Å². The van der Waals surface area contributed by atoms with Gasteiger partial charge in [0.1, 0.15) is 5.60 Å². The van der Waals surface area contributed by atoms with Crippen LogP contribution >= 0.6 is 0 Å². The molecule has 1 aromatic rings. The Morgan fingerprint density at radius 3 is 2.59 bits per heavy atom. The number of ether oxygens (including phenoxy) is 1. The molecule has 0 saturated carbocycles. The summed E-state index contributed by atoms with van der Waals surface area (Å²) >= 11 is 0. The lowest BCUT2D eigenvalue weighted by Gasteiger charge is -2.23. The molecule has 8 nitrogen and oxygen atoms in total. The van der Waals surface area contributed by atoms with Crippen LogP contribution in [0.4, 0.5) is 4.79 Å². The Kier molecular flexibility index (Phi) is 8.30. The van der Waals surface area contributed by atoms with Gasteiger partial charge in [-0.15, -0.1) is 0 Å². The largest absolute Gasteiger partial charge is 0.444 e. The molecule has 2 rings (SSSR count). The quantitative estimate of drug-likeness (QED) is 0.384. The number of nitrogens with zero attached hydrogens (tertiary/aromatic N) is 2. The SMILES string of the molecule is CCNC(=NCCNC(=O)c1ccccc1)N1CCC(NC(=O)OC(C)(C)C)C1. The average molecular weight is 404 g/mol. The van der Waals surface area contributed by atoms with Gasteiger partial charge in [0.05, 0.1) is 12.6 Å². The first-order valence-corrected chi connectivity index (χ1v) is 10.1. The lowest BCUT2D eigenvalue weighted by Crippen LogP contribution is -2.44. The van der Waals surface area contributed by atoms with Crippen molar-refractivity contribution >= 4 is 18.0 Å². The Balaban J connectivity index is 1.81. The number of likely N-dealkylation sites (tertiary alicyclic amines) is 1. The number of alkyl carbamates (subject to hydrolysis) is 1. The van der Waals surface area contributed by atoms with Crippen molar-refractivity contribution in [3.05, 3.63) is 35.9 Å². The molecule has 1 fully saturated rings. The molecule has 1 aliphatic heterocycles. The maximum absolute atomic E-state index is 12.1. The van der Waals surface area contributed by atoms with Crippen molar-refractivity contribution in [3.63, 3.8) is 0 Å². The predicted octanol–water partition coefficient (Wildman–Crippen LogP) is 1.98. The molecule has 0 spiro atoms. The first-order chi connectivity index (χ1) is 13.8. The van der Waals surface area contributed by atoms with Gasteiger partial charge in [-0.25, -0.2) is 4.79 Å². The molecule has 160 valence electrons. The summed E-state index contributed by atoms with van der Waals surface area (Å²) in [4.78, 5) is 30.8. The summed E-state index contributed by atoms with van der Waals surface area (Å²) in [5.41, 5.74) is 0.127. The van der Waals surface area contributed by atoms with Gasteiger partial charge in [0.25, 0.3) is 5.91 Å². The highest BCUT2D eigenvalue weighted by molar-refractivity contribution is 5.94. The number of aliphatic imine (C=N–C) groups is 1. The van der Waals surface area contributed by atoms with Gasteiger partial charge in [-0.1, -0.05) is 18.2 Å². The van der Waals surface area contributed by atoms with E-state index in [2.05, 4.69) is 25.8 Å². The summed E-state index contributed by atoms with van der Waals surface area (Å²) in [5, 5.41) is 9.07. The van der Waals surface area contributed by atoms with Crippen molar-refractivity contribution in [1.82, 2.24) is 20.9 Å². The van der Waals surface area contributed by atoms with E-state index in [1.165, 1.54) is 0 Å². The highest BCUT2D eigenvalue weighted by atomic mass is 16.6. The average Bonchev–Trinajstić information content (AvgIpc) is 3.11. The van der Waals surface area contributed by atoms with Crippen LogP contribution in [0.5, 0.6) is 0 Å². The Hall–Kier alpha value is -2.77. The summed E-state index contributed by atoms with van der Waals surface area (Å²) < 4.78 is 5.33. The molecule has 29 heavy (non-hydrogen) atoms. The van der Waals surface area contributed by atoms with Crippen molar-refractivity contribution in [2.45, 2.75) is 45.8 Å². The van der Waals surface area contributed by atoms with Gasteiger partial charge < -0.3 is 25.6 Å². The van der Waals surface area contributed by atoms with E-state index in [1.807, 2.05) is 45.9 Å². The fourth-order valence-electron chi connectivity index (χ4n) is 2.99. The molecule has 1 atom stereocenters. The first kappa shape index (κ1) is 22.5. The molecule has 0 bridgehead atoms. The minimum absolute atomic E-state index is 0.0199. The number of guanidine groups is 1. The highest BCUT2D eigenvalue weighted by Crippen LogP contribution is 2.12. The fourth-order valence-corrected chi connectivity index (χ4v) is 2.99. The smallest absolute Gasteiger partial charge is 0.407 e. The van der Waals surface area contributed by atoms with Crippen LogP contribution in [-0.2, 0) is 4.74 Å². The summed E-state index contributed by atoms with van der Waals surface area (Å²) in [6, 6.07) is 9.14. The third-order valence-corrected chi connectivity index (χ3v) is 4.24. The normalized spacial score (nSPS) is 17.0. The van der Waals surface area contributed by atoms with Crippen molar-refractivity contribution in [2.24, 2.45) is 4.99 Å². The van der Waals surface area contributed by atoms with E-state index in [-0.39, 0.29) is 11.9 Å². The van der Waals surface area contributed by atoms with Crippen LogP contribution in [0, 0.1) is 0 Å². The van der Waals surface area contributed by atoms with Gasteiger partial charge >= 0.3 is 6.09 Å². The molecule has 3 N–H and O–H groups in total. The zero-order chi connectivity index (χ0) is 21.3. The number of hydrogen-bond donors (Lipinski definition) is 3. The molecular weight excluding hydrogens is 370 g/mol. The van der Waals surface area contributed by atoms with Crippen LogP contribution in [0.25, 0.3) is 0 Å². The maximum Gasteiger partial charge on any atom is 0.407 e. The molecule has 1 aromatic carbocycles. The summed E-state index contributed by atoms with van der Waals surface area (Å²) in [5.74, 6) is 0.684. The Labute approximate surface area is 173 Å². The number of carbonyl (C=O) groups is 2. The number of hydrogen-bond acceptors (Lipinski definition) is 4. The second-order valence-corrected chi connectivity index (χ2v) is 7.94. The van der Waals surface area contributed by atoms with Crippen molar-refractivity contribution in [3.8, 4) is 0 Å². The zero-order valence-corrected chi connectivity index (χ0v) is 17.8. The topological polar surface area (TPSA) is 95.1 Å². The summed E-state index contributed by atoms with van der Waals surface area (Å²) in [6.45, 7) is 10.7. The Morgan fingerprint density at radius 2 is 1.93 bits per heavy atom. The van der Waals surface area contributed by atoms with Crippen LogP contribution in [0.15, 0.2) is 35.3 Å². The second kappa shape index (κ2) is 10.7. The number of amides is 2. The van der Waals surface area contributed by atoms with E-state index in [0.29, 0.717) is 25.2 Å². The predicted molar refractivity (Wildman–Crippen MR) is 114 cm³/mol. The lowest BCUT2D eigenvalue weighted by molar-refractivity contribution is 0.0507. The van der Waals surface area contributed by atoms with Gasteiger partial charge in [-0.2, -0.15) is 0 Å². The van der Waals surface area contributed by atoms with Crippen molar-refractivity contribution in [1.29, 1.82) is 0 Å². The van der Waals surface area contributed by atoms with Crippen molar-refractivity contribution < 1.29 is 14.3 Å². The van der Waals surface area contributed by atoms with Crippen LogP contribution < -0.4 is 16.0 Å². The summed E-state index contributed by atoms with van der Waals surface area (Å²) in [7, 11) is 0. The van der Waals surface area contributed by atoms with Gasteiger partial charge in [-0.05, 0) is 46.2 Å². The van der Waals surface area contributed by atoms with Gasteiger partial charge in [0.15, 0.2) is 5.96 Å². The number of carbonyl (C=O) groups excluding carboxylic acids is 2. The lowest BCUT2D eigenvalue weighted by atomic mass is 10.2. The number of nitrogens with one attached hydrogen (secondary N) is 3. The zero-order valence-electron chi connectivity index (χ0n) is 17.8. The molecule has 1 saturated heterocycles. The monoisotopic (exact) mass is 403 g/mol. The molecular formula is C21H33N5O3. The minimum Gasteiger partial charge on any atom is -0.444 e. The first-order valence-electron chi connectivity index (χ1n) is 10.1. The van der Waals surface area contributed by atoms with E-state index in [0.717, 1.165) is 25.5 Å². The van der Waals surface area contributed by atoms with Crippen molar-refractivity contribution in [2.75, 3.05) is 32.7 Å². The van der Waals surface area contributed by atoms with Gasteiger partial charge in [0, 0.05) is 31.7 Å². The van der Waals surface area contributed by atoms with Crippen LogP contribution in [-0.4, -0.2) is 67.2 Å². The standard InChI is InChI=1S/C21H33N5O3/c1-5-22-19(24-13-12-23-18(27)16-9-7-6-8-10-16)26-14-11-17(15-26)25-20(28)29-21(2,3)4/h6-10,17H,5,11-15H2,1-4H3,(H,22,24)(H,23,27)(H,25,28). The number of benzene rings is 1. The molecule has 2 amide bonds. The molecule has 0 radical (unpaired) electrons. The molecule has 1 heterocycles. The molecule has 1 aliphatic rings. The number of rotatable bonds is 6. The second-order valence-electron chi connectivity index (χ2n) is 7.94. The van der Waals surface area contributed by atoms with Crippen LogP contribution in [0.3, 0.4) is 0 Å². The van der Waals surface area contributed by atoms with E-state index in [4.69, 9.17) is 4.74 Å². The minimum atomic E-state index is -0.511. The van der Waals surface area contributed by atoms with E-state index in [1.54, 1.807) is 12.1 Å². The Morgan fingerprint density at radius 1 is 1.21 bits per heavy atom. The van der Waals surface area contributed by atoms with E-state index < -0.39 is 11.7 Å². The molecule has 8 heteroatoms. The third kappa shape index (κ3) is 8.01. The van der Waals surface area contributed by atoms with Gasteiger partial charge in [-0.3, -0.25) is 9.79 Å². The fraction of sp³-hybridized carbons (Fsp3) is 0.571. The van der Waals surface area contributed by atoms with Crippen LogP contribution in [0.1, 0.15) is 44.5 Å². The van der Waals surface area contributed by atoms with Crippen LogP contribution in [0.2, 0.25) is 0 Å². The molecule has 0 aliphatic carbocycles. The Bertz CT molecular complexity index is 700. The molecule has 0 aromatic heterocycles. The van der Waals surface area contributed by atoms with E-state index >= 15 is 0 Å². The third-order valence-electron chi connectivity index (χ3n) is 4.24. The molecule has 1 unspecified atom stereocenters. The summed E-state index contributed by atoms with van der Waals surface area (Å²) in [6.07, 6.45) is 0.434.